The molecule has 0 spiro atoms. The van der Waals surface area contributed by atoms with E-state index < -0.39 is 0 Å². The monoisotopic (exact) mass is 364 g/mol. The van der Waals surface area contributed by atoms with Crippen LogP contribution in [0.5, 0.6) is 0 Å². The first-order chi connectivity index (χ1) is 13.1. The molecule has 2 heterocycles. The molecule has 0 aliphatic carbocycles. The number of fused-ring (bicyclic) bond motifs is 2. The third-order valence-corrected chi connectivity index (χ3v) is 4.28. The molecule has 2 N–H and O–H groups in total. The first-order valence-electron chi connectivity index (χ1n) is 8.48. The first-order valence-corrected chi connectivity index (χ1v) is 8.48. The largest absolute Gasteiger partial charge is 0.345 e. The molecule has 4 rings (SSSR count). The highest BCUT2D eigenvalue weighted by atomic mass is 19.1. The smallest absolute Gasteiger partial charge is 0.258 e. The molecule has 0 saturated heterocycles. The summed E-state index contributed by atoms with van der Waals surface area (Å²) < 4.78 is 15.3. The number of rotatable bonds is 3. The van der Waals surface area contributed by atoms with Crippen LogP contribution in [0, 0.1) is 5.82 Å². The van der Waals surface area contributed by atoms with E-state index in [4.69, 9.17) is 0 Å². The number of anilines is 1. The van der Waals surface area contributed by atoms with E-state index in [1.165, 1.54) is 12.1 Å². The van der Waals surface area contributed by atoms with E-state index in [9.17, 15) is 9.18 Å². The van der Waals surface area contributed by atoms with Crippen LogP contribution >= 0.6 is 0 Å². The number of carbonyl (C=O) groups excluding carboxylic acids is 1. The molecule has 0 saturated carbocycles. The van der Waals surface area contributed by atoms with Crippen LogP contribution < -0.4 is 10.8 Å². The second kappa shape index (κ2) is 6.64. The summed E-state index contributed by atoms with van der Waals surface area (Å²) in [6.07, 6.45) is 1.58. The number of nitrogens with zero attached hydrogens (tertiary/aromatic N) is 4. The van der Waals surface area contributed by atoms with E-state index in [1.54, 1.807) is 42.2 Å². The van der Waals surface area contributed by atoms with Crippen LogP contribution in [-0.4, -0.2) is 32.0 Å². The minimum atomic E-state index is -0.360. The summed E-state index contributed by atoms with van der Waals surface area (Å²) in [5, 5.41) is 3.41. The molecule has 7 nitrogen and oxygen atoms in total. The van der Waals surface area contributed by atoms with Gasteiger partial charge in [-0.2, -0.15) is 0 Å². The third kappa shape index (κ3) is 3.05. The highest BCUT2D eigenvalue weighted by Gasteiger charge is 2.13. The second-order valence-corrected chi connectivity index (χ2v) is 6.04. The molecule has 2 aromatic heterocycles. The van der Waals surface area contributed by atoms with Gasteiger partial charge in [0, 0.05) is 24.5 Å². The maximum Gasteiger partial charge on any atom is 0.258 e. The van der Waals surface area contributed by atoms with Gasteiger partial charge in [-0.15, -0.1) is 0 Å². The molecule has 136 valence electrons. The fourth-order valence-corrected chi connectivity index (χ4v) is 2.96. The Kier molecular flexibility index (Phi) is 4.15. The van der Waals surface area contributed by atoms with Gasteiger partial charge < -0.3 is 4.98 Å². The number of halogens is 1. The summed E-state index contributed by atoms with van der Waals surface area (Å²) in [6.45, 7) is 2.41. The predicted octanol–water partition coefficient (Wildman–Crippen LogP) is 2.76. The molecule has 4 aromatic rings. The van der Waals surface area contributed by atoms with Gasteiger partial charge in [0.2, 0.25) is 5.95 Å². The number of imidazole rings is 1. The highest BCUT2D eigenvalue weighted by Crippen LogP contribution is 2.15. The minimum absolute atomic E-state index is 0.307. The summed E-state index contributed by atoms with van der Waals surface area (Å²) in [4.78, 5) is 28.7. The van der Waals surface area contributed by atoms with Gasteiger partial charge in [-0.1, -0.05) is 0 Å². The number of aromatic nitrogens is 4. The average molecular weight is 364 g/mol. The van der Waals surface area contributed by atoms with Crippen molar-refractivity contribution >= 4 is 33.8 Å². The van der Waals surface area contributed by atoms with Gasteiger partial charge in [0.1, 0.15) is 11.3 Å². The lowest BCUT2D eigenvalue weighted by Gasteiger charge is -2.12. The lowest BCUT2D eigenvalue weighted by atomic mass is 10.2. The van der Waals surface area contributed by atoms with E-state index in [1.807, 2.05) is 6.92 Å². The fourth-order valence-electron chi connectivity index (χ4n) is 2.96. The van der Waals surface area contributed by atoms with Crippen molar-refractivity contribution in [1.82, 2.24) is 19.5 Å². The van der Waals surface area contributed by atoms with Gasteiger partial charge in [-0.05, 0) is 43.3 Å². The molecule has 0 aliphatic heterocycles. The van der Waals surface area contributed by atoms with Gasteiger partial charge in [0.25, 0.3) is 5.91 Å². The molecule has 0 unspecified atom stereocenters. The van der Waals surface area contributed by atoms with Crippen molar-refractivity contribution in [3.05, 3.63) is 59.6 Å². The summed E-state index contributed by atoms with van der Waals surface area (Å²) in [6, 6.07) is 9.51. The van der Waals surface area contributed by atoms with E-state index in [2.05, 4.69) is 25.3 Å². The maximum absolute atomic E-state index is 13.7. The average Bonchev–Trinajstić information content (AvgIpc) is 3.13. The Balaban J connectivity index is 1.79. The van der Waals surface area contributed by atoms with Crippen LogP contribution in [0.1, 0.15) is 17.3 Å². The van der Waals surface area contributed by atoms with E-state index >= 15 is 0 Å². The van der Waals surface area contributed by atoms with Crippen molar-refractivity contribution in [3.8, 4) is 0 Å². The highest BCUT2D eigenvalue weighted by molar-refractivity contribution is 6.05. The van der Waals surface area contributed by atoms with Gasteiger partial charge >= 0.3 is 0 Å². The van der Waals surface area contributed by atoms with Crippen LogP contribution in [0.4, 0.5) is 10.3 Å². The zero-order valence-electron chi connectivity index (χ0n) is 14.8. The Morgan fingerprint density at radius 2 is 2.07 bits per heavy atom. The number of H-pyrrole nitrogens is 1. The summed E-state index contributed by atoms with van der Waals surface area (Å²) in [5.74, 6) is -0.337. The van der Waals surface area contributed by atoms with Crippen LogP contribution in [0.15, 0.2) is 47.7 Å². The number of hydrogen-bond donors (Lipinski definition) is 2. The standard InChI is InChI=1S/C19H17FN6O/c1-3-21-17-13-9-12(20)5-7-14(13)24-19(26(17)2)25-18(27)11-4-6-15-16(8-11)23-10-22-15/h4-10H,3H2,1-2H3,(H,22,23)(H,24,25,27). The number of hydrogen-bond acceptors (Lipinski definition) is 4. The lowest BCUT2D eigenvalue weighted by molar-refractivity contribution is 0.102. The SMILES string of the molecule is CCN=c1c2cc(F)ccc2nc(NC(=O)c2ccc3nc[nH]c3c2)n1C. The molecular formula is C19H17FN6O. The fraction of sp³-hybridized carbons (Fsp3) is 0.158. The van der Waals surface area contributed by atoms with Gasteiger partial charge in [-0.3, -0.25) is 19.7 Å². The van der Waals surface area contributed by atoms with Gasteiger partial charge in [0.05, 0.1) is 22.9 Å². The molecule has 0 radical (unpaired) electrons. The van der Waals surface area contributed by atoms with Crippen molar-refractivity contribution in [3.63, 3.8) is 0 Å². The topological polar surface area (TPSA) is 88.0 Å². The molecule has 2 aromatic carbocycles. The van der Waals surface area contributed by atoms with Crippen molar-refractivity contribution < 1.29 is 9.18 Å². The second-order valence-electron chi connectivity index (χ2n) is 6.04. The van der Waals surface area contributed by atoms with Crippen LogP contribution in [-0.2, 0) is 7.05 Å². The summed E-state index contributed by atoms with van der Waals surface area (Å²) in [7, 11) is 1.74. The Labute approximate surface area is 153 Å². The van der Waals surface area contributed by atoms with E-state index in [0.717, 1.165) is 11.0 Å². The van der Waals surface area contributed by atoms with Crippen LogP contribution in [0.3, 0.4) is 0 Å². The zero-order valence-corrected chi connectivity index (χ0v) is 14.8. The molecule has 0 aliphatic rings. The number of carbonyl (C=O) groups is 1. The molecular weight excluding hydrogens is 347 g/mol. The molecule has 0 fully saturated rings. The number of nitrogens with one attached hydrogen (secondary N) is 2. The number of amides is 1. The van der Waals surface area contributed by atoms with Crippen molar-refractivity contribution in [1.29, 1.82) is 0 Å². The predicted molar refractivity (Wildman–Crippen MR) is 101 cm³/mol. The Morgan fingerprint density at radius 1 is 1.26 bits per heavy atom. The third-order valence-electron chi connectivity index (χ3n) is 4.28. The molecule has 0 bridgehead atoms. The number of benzene rings is 2. The maximum atomic E-state index is 13.7. The summed E-state index contributed by atoms with van der Waals surface area (Å²) >= 11 is 0. The molecule has 8 heteroatoms. The lowest BCUT2D eigenvalue weighted by Crippen LogP contribution is -2.26. The normalized spacial score (nSPS) is 12.0. The zero-order chi connectivity index (χ0) is 19.0. The Hall–Kier alpha value is -3.55. The van der Waals surface area contributed by atoms with Crippen molar-refractivity contribution in [2.45, 2.75) is 6.92 Å². The quantitative estimate of drug-likeness (QED) is 0.586. The van der Waals surface area contributed by atoms with Crippen molar-refractivity contribution in [2.24, 2.45) is 12.0 Å². The minimum Gasteiger partial charge on any atom is -0.345 e. The van der Waals surface area contributed by atoms with E-state index in [-0.39, 0.29) is 11.7 Å². The van der Waals surface area contributed by atoms with Crippen molar-refractivity contribution in [2.75, 3.05) is 11.9 Å². The molecule has 1 amide bonds. The molecule has 27 heavy (non-hydrogen) atoms. The van der Waals surface area contributed by atoms with Gasteiger partial charge in [0.15, 0.2) is 0 Å². The van der Waals surface area contributed by atoms with Crippen LogP contribution in [0.2, 0.25) is 0 Å². The summed E-state index contributed by atoms with van der Waals surface area (Å²) in [5.41, 5.74) is 3.15. The van der Waals surface area contributed by atoms with E-state index in [0.29, 0.717) is 34.4 Å². The Bertz CT molecular complexity index is 1240. The van der Waals surface area contributed by atoms with Gasteiger partial charge in [-0.25, -0.2) is 14.4 Å². The number of aromatic amines is 1. The van der Waals surface area contributed by atoms with Crippen LogP contribution in [0.25, 0.3) is 21.9 Å². The Morgan fingerprint density at radius 3 is 2.89 bits per heavy atom. The molecule has 0 atom stereocenters. The first kappa shape index (κ1) is 16.9.